The lowest BCUT2D eigenvalue weighted by Gasteiger charge is -2.14. The summed E-state index contributed by atoms with van der Waals surface area (Å²) < 4.78 is 0. The Bertz CT molecular complexity index is 2750. The average molecular weight is 769 g/mol. The third-order valence-electron chi connectivity index (χ3n) is 10.7. The molecule has 0 aliphatic heterocycles. The highest BCUT2D eigenvalue weighted by Gasteiger charge is 2.13. The Labute approximate surface area is 348 Å². The summed E-state index contributed by atoms with van der Waals surface area (Å²) in [5, 5.41) is 0. The van der Waals surface area contributed by atoms with Gasteiger partial charge in [0.25, 0.3) is 0 Å². The van der Waals surface area contributed by atoms with Crippen LogP contribution in [-0.2, 0) is 0 Å². The Morgan fingerprint density at radius 3 is 0.767 bits per heavy atom. The first-order valence-electron chi connectivity index (χ1n) is 19.8. The molecule has 0 fully saturated rings. The molecule has 0 bridgehead atoms. The van der Waals surface area contributed by atoms with Gasteiger partial charge >= 0.3 is 0 Å². The molecule has 10 aromatic rings. The van der Waals surface area contributed by atoms with Crippen molar-refractivity contribution in [3.63, 3.8) is 0 Å². The molecule has 282 valence electrons. The van der Waals surface area contributed by atoms with Crippen LogP contribution in [0.15, 0.2) is 220 Å². The maximum absolute atomic E-state index is 4.84. The number of nitrogens with zero attached hydrogens (tertiary/aromatic N) is 6. The van der Waals surface area contributed by atoms with Crippen molar-refractivity contribution in [1.29, 1.82) is 0 Å². The van der Waals surface area contributed by atoms with Gasteiger partial charge in [-0.1, -0.05) is 72.8 Å². The second-order valence-electron chi connectivity index (χ2n) is 14.6. The van der Waals surface area contributed by atoms with Gasteiger partial charge in [-0.3, -0.25) is 29.9 Å². The highest BCUT2D eigenvalue weighted by molar-refractivity contribution is 5.85. The van der Waals surface area contributed by atoms with Crippen LogP contribution in [0, 0.1) is 0 Å². The van der Waals surface area contributed by atoms with Gasteiger partial charge in [0.1, 0.15) is 0 Å². The Kier molecular flexibility index (Phi) is 9.84. The second-order valence-corrected chi connectivity index (χ2v) is 14.6. The third kappa shape index (κ3) is 7.73. The number of aromatic nitrogens is 6. The molecule has 0 atom stereocenters. The molecular formula is C54H36N6. The lowest BCUT2D eigenvalue weighted by atomic mass is 9.92. The van der Waals surface area contributed by atoms with Crippen LogP contribution in [0.4, 0.5) is 0 Å². The van der Waals surface area contributed by atoms with Crippen molar-refractivity contribution in [2.45, 2.75) is 0 Å². The van der Waals surface area contributed by atoms with Crippen molar-refractivity contribution in [2.24, 2.45) is 0 Å². The van der Waals surface area contributed by atoms with Gasteiger partial charge in [0, 0.05) is 89.2 Å². The first-order chi connectivity index (χ1) is 29.7. The number of hydrogen-bond acceptors (Lipinski definition) is 6. The topological polar surface area (TPSA) is 77.3 Å². The van der Waals surface area contributed by atoms with Crippen molar-refractivity contribution >= 4 is 0 Å². The summed E-state index contributed by atoms with van der Waals surface area (Å²) in [6.45, 7) is 0. The van der Waals surface area contributed by atoms with Gasteiger partial charge in [0.2, 0.25) is 0 Å². The van der Waals surface area contributed by atoms with Crippen LogP contribution < -0.4 is 0 Å². The van der Waals surface area contributed by atoms with Crippen molar-refractivity contribution in [1.82, 2.24) is 29.9 Å². The predicted molar refractivity (Wildman–Crippen MR) is 242 cm³/mol. The van der Waals surface area contributed by atoms with Crippen LogP contribution in [0.5, 0.6) is 0 Å². The van der Waals surface area contributed by atoms with Crippen LogP contribution in [0.25, 0.3) is 101 Å². The zero-order chi connectivity index (χ0) is 40.1. The lowest BCUT2D eigenvalue weighted by Crippen LogP contribution is -1.91. The normalized spacial score (nSPS) is 11.0. The van der Waals surface area contributed by atoms with E-state index in [9.17, 15) is 0 Å². The molecule has 6 heterocycles. The van der Waals surface area contributed by atoms with E-state index >= 15 is 0 Å². The van der Waals surface area contributed by atoms with E-state index in [-0.39, 0.29) is 0 Å². The highest BCUT2D eigenvalue weighted by atomic mass is 14.7. The van der Waals surface area contributed by atoms with E-state index in [1.807, 2.05) is 55.4 Å². The molecule has 0 saturated carbocycles. The summed E-state index contributed by atoms with van der Waals surface area (Å²) in [6, 6.07) is 57.1. The number of pyridine rings is 6. The zero-order valence-electron chi connectivity index (χ0n) is 32.5. The van der Waals surface area contributed by atoms with Crippen LogP contribution >= 0.6 is 0 Å². The van der Waals surface area contributed by atoms with Crippen molar-refractivity contribution < 1.29 is 0 Å². The highest BCUT2D eigenvalue weighted by Crippen LogP contribution is 2.37. The largest absolute Gasteiger partial charge is 0.264 e. The lowest BCUT2D eigenvalue weighted by molar-refractivity contribution is 1.31. The van der Waals surface area contributed by atoms with Crippen molar-refractivity contribution in [3.8, 4) is 101 Å². The minimum Gasteiger partial charge on any atom is -0.264 e. The Morgan fingerprint density at radius 2 is 0.467 bits per heavy atom. The quantitative estimate of drug-likeness (QED) is 0.145. The molecule has 4 aromatic carbocycles. The molecule has 10 rings (SSSR count). The maximum Gasteiger partial charge on any atom is 0.0708 e. The molecule has 0 spiro atoms. The van der Waals surface area contributed by atoms with Gasteiger partial charge in [-0.05, 0) is 141 Å². The van der Waals surface area contributed by atoms with E-state index in [1.54, 1.807) is 18.6 Å². The van der Waals surface area contributed by atoms with Crippen molar-refractivity contribution in [2.75, 3.05) is 0 Å². The summed E-state index contributed by atoms with van der Waals surface area (Å²) in [6.07, 6.45) is 16.7. The molecule has 6 aromatic heterocycles. The molecule has 60 heavy (non-hydrogen) atoms. The second kappa shape index (κ2) is 16.3. The van der Waals surface area contributed by atoms with E-state index in [4.69, 9.17) is 15.0 Å². The van der Waals surface area contributed by atoms with E-state index in [0.717, 1.165) is 101 Å². The molecule has 0 saturated heterocycles. The van der Waals surface area contributed by atoms with Gasteiger partial charge < -0.3 is 0 Å². The van der Waals surface area contributed by atoms with Gasteiger partial charge in [-0.2, -0.15) is 0 Å². The molecule has 0 N–H and O–H groups in total. The van der Waals surface area contributed by atoms with Crippen LogP contribution in [0.1, 0.15) is 0 Å². The molecule has 0 aliphatic carbocycles. The molecule has 0 unspecified atom stereocenters. The first-order valence-corrected chi connectivity index (χ1v) is 19.8. The van der Waals surface area contributed by atoms with Crippen LogP contribution in [-0.4, -0.2) is 29.9 Å². The van der Waals surface area contributed by atoms with Gasteiger partial charge in [0.15, 0.2) is 0 Å². The first kappa shape index (κ1) is 36.1. The summed E-state index contributed by atoms with van der Waals surface area (Å²) in [4.78, 5) is 27.5. The fourth-order valence-electron chi connectivity index (χ4n) is 7.61. The van der Waals surface area contributed by atoms with E-state index in [1.165, 1.54) is 0 Å². The Balaban J connectivity index is 1.07. The summed E-state index contributed by atoms with van der Waals surface area (Å²) in [5.74, 6) is 0. The molecule has 6 nitrogen and oxygen atoms in total. The molecule has 0 amide bonds. The minimum atomic E-state index is 0.893. The van der Waals surface area contributed by atoms with E-state index in [2.05, 4.69) is 161 Å². The monoisotopic (exact) mass is 768 g/mol. The fourth-order valence-corrected chi connectivity index (χ4v) is 7.61. The predicted octanol–water partition coefficient (Wildman–Crippen LogP) is 13.1. The molecule has 0 radical (unpaired) electrons. The smallest absolute Gasteiger partial charge is 0.0708 e. The fraction of sp³-hybridized carbons (Fsp3) is 0. The van der Waals surface area contributed by atoms with Crippen LogP contribution in [0.3, 0.4) is 0 Å². The van der Waals surface area contributed by atoms with Crippen LogP contribution in [0.2, 0.25) is 0 Å². The number of hydrogen-bond donors (Lipinski definition) is 0. The summed E-state index contributed by atoms with van der Waals surface area (Å²) in [7, 11) is 0. The van der Waals surface area contributed by atoms with E-state index < -0.39 is 0 Å². The van der Waals surface area contributed by atoms with E-state index in [0.29, 0.717) is 0 Å². The number of benzene rings is 4. The van der Waals surface area contributed by atoms with Gasteiger partial charge in [0.05, 0.1) is 17.1 Å². The zero-order valence-corrected chi connectivity index (χ0v) is 32.5. The Hall–Kier alpha value is -8.22. The minimum absolute atomic E-state index is 0.893. The SMILES string of the molecule is c1cncc(-c2cccc(-c3cc(-c4cc(-c5ccnc(-c6cccc(-c7cccnc7)c6)c5)cc(-c5ccnc(-c6cccc(-c7cccnc7)c6)c5)c4)ccn3)c2)c1. The molecular weight excluding hydrogens is 733 g/mol. The summed E-state index contributed by atoms with van der Waals surface area (Å²) in [5.41, 5.74) is 18.7. The third-order valence-corrected chi connectivity index (χ3v) is 10.7. The molecule has 0 aliphatic rings. The maximum atomic E-state index is 4.84. The van der Waals surface area contributed by atoms with Crippen molar-refractivity contribution in [3.05, 3.63) is 220 Å². The Morgan fingerprint density at radius 1 is 0.200 bits per heavy atom. The standard InChI is InChI=1S/C54H36N6/c1-7-37(46-13-4-19-55-34-46)25-43(10-1)52-31-40(16-22-58-52)49-28-50(41-17-23-59-53(32-41)44-11-2-8-38(26-44)47-14-5-20-56-35-47)30-51(29-49)42-18-24-60-54(33-42)45-12-3-9-39(27-45)48-15-6-21-57-36-48/h1-36H. The van der Waals surface area contributed by atoms with Gasteiger partial charge in [-0.25, -0.2) is 0 Å². The summed E-state index contributed by atoms with van der Waals surface area (Å²) >= 11 is 0. The number of rotatable bonds is 9. The molecule has 6 heteroatoms. The van der Waals surface area contributed by atoms with Gasteiger partial charge in [-0.15, -0.1) is 0 Å². The average Bonchev–Trinajstić information content (AvgIpc) is 3.35.